The number of hydrogen-bond acceptors (Lipinski definition) is 5. The Morgan fingerprint density at radius 1 is 0.490 bits per heavy atom. The highest BCUT2D eigenvalue weighted by molar-refractivity contribution is 7.23. The van der Waals surface area contributed by atoms with Gasteiger partial charge in [-0.1, -0.05) is 133 Å². The largest absolute Gasteiger partial charge is 0.309 e. The quantitative estimate of drug-likeness (QED) is 0.191. The highest BCUT2D eigenvalue weighted by atomic mass is 32.1. The first-order valence-electron chi connectivity index (χ1n) is 16.3. The molecular weight excluding hydrogens is 619 g/mol. The molecule has 1 aliphatic rings. The Morgan fingerprint density at radius 2 is 1.06 bits per heavy atom. The lowest BCUT2D eigenvalue weighted by molar-refractivity contribution is 1.03. The van der Waals surface area contributed by atoms with Gasteiger partial charge in [-0.3, -0.25) is 4.90 Å². The predicted octanol–water partition coefficient (Wildman–Crippen LogP) is 11.5. The van der Waals surface area contributed by atoms with Crippen LogP contribution in [0.1, 0.15) is 0 Å². The number of thiophene rings is 1. The van der Waals surface area contributed by atoms with Gasteiger partial charge in [-0.25, -0.2) is 4.98 Å². The normalized spacial score (nSPS) is 12.0. The monoisotopic (exact) mass is 645 g/mol. The lowest BCUT2D eigenvalue weighted by Gasteiger charge is -2.25. The van der Waals surface area contributed by atoms with Gasteiger partial charge in [-0.15, -0.1) is 11.3 Å². The Hall–Kier alpha value is -6.37. The molecular formula is C43H27N5S. The second-order valence-electron chi connectivity index (χ2n) is 12.1. The molecule has 3 aromatic heterocycles. The smallest absolute Gasteiger partial charge is 0.238 e. The van der Waals surface area contributed by atoms with Crippen molar-refractivity contribution in [1.29, 1.82) is 0 Å². The number of aromatic nitrogens is 4. The highest BCUT2D eigenvalue weighted by Crippen LogP contribution is 2.58. The van der Waals surface area contributed by atoms with Crippen LogP contribution in [0.4, 0.5) is 17.3 Å². The molecule has 0 N–H and O–H groups in total. The predicted molar refractivity (Wildman–Crippen MR) is 202 cm³/mol. The van der Waals surface area contributed by atoms with E-state index in [2.05, 4.69) is 137 Å². The molecule has 0 fully saturated rings. The summed E-state index contributed by atoms with van der Waals surface area (Å²) in [6.45, 7) is 0. The third-order valence-electron chi connectivity index (χ3n) is 9.20. The minimum Gasteiger partial charge on any atom is -0.309 e. The van der Waals surface area contributed by atoms with Crippen molar-refractivity contribution in [3.8, 4) is 50.2 Å². The van der Waals surface area contributed by atoms with E-state index in [1.807, 2.05) is 47.7 Å². The summed E-state index contributed by atoms with van der Waals surface area (Å²) in [5.74, 6) is 1.83. The van der Waals surface area contributed by atoms with Crippen molar-refractivity contribution in [2.45, 2.75) is 0 Å². The zero-order valence-electron chi connectivity index (χ0n) is 26.2. The fourth-order valence-electron chi connectivity index (χ4n) is 7.09. The maximum atomic E-state index is 5.27. The molecule has 0 saturated carbocycles. The van der Waals surface area contributed by atoms with E-state index in [1.165, 1.54) is 26.0 Å². The zero-order chi connectivity index (χ0) is 32.3. The van der Waals surface area contributed by atoms with Crippen LogP contribution >= 0.6 is 11.3 Å². The molecule has 6 aromatic carbocycles. The van der Waals surface area contributed by atoms with Gasteiger partial charge in [0, 0.05) is 43.4 Å². The molecule has 5 nitrogen and oxygen atoms in total. The van der Waals surface area contributed by atoms with Gasteiger partial charge in [0.2, 0.25) is 5.95 Å². The van der Waals surface area contributed by atoms with Gasteiger partial charge in [0.1, 0.15) is 0 Å². The summed E-state index contributed by atoms with van der Waals surface area (Å²) in [5.41, 5.74) is 9.71. The summed E-state index contributed by atoms with van der Waals surface area (Å²) >= 11 is 1.82. The number of fused-ring (bicyclic) bond motifs is 9. The maximum Gasteiger partial charge on any atom is 0.238 e. The molecule has 49 heavy (non-hydrogen) atoms. The number of benzene rings is 6. The van der Waals surface area contributed by atoms with E-state index in [0.29, 0.717) is 17.6 Å². The van der Waals surface area contributed by atoms with E-state index < -0.39 is 0 Å². The van der Waals surface area contributed by atoms with Gasteiger partial charge < -0.3 is 4.57 Å². The highest BCUT2D eigenvalue weighted by Gasteiger charge is 2.35. The standard InChI is InChI=1S/C43H27N5S/c1-4-16-28(17-5-1)41-44-42(29-18-6-2-7-19-29)46-43(45-41)48-35-26-14-11-23-32(35)38-37(40-39(48)33-24-12-15-27-36(33)49-40)31-22-10-13-25-34(31)47(38)30-20-8-3-9-21-30/h1-27H. The first kappa shape index (κ1) is 27.7. The first-order chi connectivity index (χ1) is 24.3. The SMILES string of the molecule is c1ccc(-c2nc(-c3ccccc3)nc(N3c4ccccc4-c4c(c5ccccc5n4-c4ccccc4)-c4sc5ccccc5c43)n2)cc1. The molecule has 6 heteroatoms. The molecule has 0 radical (unpaired) electrons. The first-order valence-corrected chi connectivity index (χ1v) is 17.1. The number of para-hydroxylation sites is 3. The minimum absolute atomic E-state index is 0.575. The van der Waals surface area contributed by atoms with E-state index >= 15 is 0 Å². The molecule has 9 aromatic rings. The van der Waals surface area contributed by atoms with Gasteiger partial charge in [0.05, 0.1) is 27.5 Å². The van der Waals surface area contributed by atoms with Crippen LogP contribution in [0.15, 0.2) is 164 Å². The molecule has 10 rings (SSSR count). The fourth-order valence-corrected chi connectivity index (χ4v) is 8.34. The molecule has 0 atom stereocenters. The Morgan fingerprint density at radius 3 is 1.78 bits per heavy atom. The molecule has 0 bridgehead atoms. The van der Waals surface area contributed by atoms with Crippen LogP contribution < -0.4 is 4.90 Å². The Labute approximate surface area is 287 Å². The molecule has 230 valence electrons. The Bertz CT molecular complexity index is 2600. The van der Waals surface area contributed by atoms with Crippen molar-refractivity contribution >= 4 is 49.6 Å². The van der Waals surface area contributed by atoms with Crippen LogP contribution in [0.3, 0.4) is 0 Å². The zero-order valence-corrected chi connectivity index (χ0v) is 27.0. The number of rotatable bonds is 4. The fraction of sp³-hybridized carbons (Fsp3) is 0. The van der Waals surface area contributed by atoms with E-state index in [9.17, 15) is 0 Å². The van der Waals surface area contributed by atoms with Crippen LogP contribution in [0.5, 0.6) is 0 Å². The Kier molecular flexibility index (Phi) is 6.29. The topological polar surface area (TPSA) is 46.8 Å². The van der Waals surface area contributed by atoms with Gasteiger partial charge in [0.15, 0.2) is 11.6 Å². The van der Waals surface area contributed by atoms with Crippen LogP contribution in [-0.2, 0) is 0 Å². The third kappa shape index (κ3) is 4.35. The summed E-state index contributed by atoms with van der Waals surface area (Å²) in [6, 6.07) is 57.1. The molecule has 0 amide bonds. The molecule has 1 aliphatic heterocycles. The number of nitrogens with zero attached hydrogens (tertiary/aromatic N) is 5. The summed E-state index contributed by atoms with van der Waals surface area (Å²) < 4.78 is 3.62. The lowest BCUT2D eigenvalue weighted by atomic mass is 10.0. The third-order valence-corrected chi connectivity index (χ3v) is 10.4. The summed E-state index contributed by atoms with van der Waals surface area (Å²) in [7, 11) is 0. The van der Waals surface area contributed by atoms with Crippen LogP contribution in [0.25, 0.3) is 71.2 Å². The van der Waals surface area contributed by atoms with Crippen molar-refractivity contribution in [2.24, 2.45) is 0 Å². The number of anilines is 3. The van der Waals surface area contributed by atoms with E-state index in [0.717, 1.165) is 44.8 Å². The average Bonchev–Trinajstić information content (AvgIpc) is 3.68. The molecule has 0 spiro atoms. The summed E-state index contributed by atoms with van der Waals surface area (Å²) in [6.07, 6.45) is 0. The van der Waals surface area contributed by atoms with Crippen LogP contribution in [0, 0.1) is 0 Å². The van der Waals surface area contributed by atoms with Crippen molar-refractivity contribution < 1.29 is 0 Å². The molecule has 0 unspecified atom stereocenters. The van der Waals surface area contributed by atoms with E-state index in [4.69, 9.17) is 15.0 Å². The van der Waals surface area contributed by atoms with Crippen LogP contribution in [-0.4, -0.2) is 19.5 Å². The van der Waals surface area contributed by atoms with Crippen molar-refractivity contribution in [3.63, 3.8) is 0 Å². The van der Waals surface area contributed by atoms with E-state index in [-0.39, 0.29) is 0 Å². The van der Waals surface area contributed by atoms with Gasteiger partial charge in [-0.2, -0.15) is 9.97 Å². The lowest BCUT2D eigenvalue weighted by Crippen LogP contribution is -2.16. The van der Waals surface area contributed by atoms with E-state index in [1.54, 1.807) is 0 Å². The number of hydrogen-bond donors (Lipinski definition) is 0. The van der Waals surface area contributed by atoms with Crippen molar-refractivity contribution in [2.75, 3.05) is 4.90 Å². The van der Waals surface area contributed by atoms with Crippen molar-refractivity contribution in [1.82, 2.24) is 19.5 Å². The molecule has 4 heterocycles. The summed E-state index contributed by atoms with van der Waals surface area (Å²) in [4.78, 5) is 19.0. The van der Waals surface area contributed by atoms with Gasteiger partial charge >= 0.3 is 0 Å². The second kappa shape index (κ2) is 11.1. The van der Waals surface area contributed by atoms with Gasteiger partial charge in [-0.05, 0) is 30.3 Å². The maximum absolute atomic E-state index is 5.27. The molecule has 0 saturated heterocycles. The summed E-state index contributed by atoms with van der Waals surface area (Å²) in [5, 5.41) is 2.36. The second-order valence-corrected chi connectivity index (χ2v) is 13.1. The van der Waals surface area contributed by atoms with Crippen LogP contribution in [0.2, 0.25) is 0 Å². The van der Waals surface area contributed by atoms with Gasteiger partial charge in [0.25, 0.3) is 0 Å². The minimum atomic E-state index is 0.575. The average molecular weight is 646 g/mol. The Balaban J connectivity index is 1.36. The molecule has 0 aliphatic carbocycles. The van der Waals surface area contributed by atoms with Crippen molar-refractivity contribution in [3.05, 3.63) is 164 Å².